The van der Waals surface area contributed by atoms with Crippen LogP contribution in [0.5, 0.6) is 0 Å². The molecule has 1 amide bonds. The third kappa shape index (κ3) is 5.03. The summed E-state index contributed by atoms with van der Waals surface area (Å²) in [5, 5.41) is 8.67. The molecule has 3 rings (SSSR count). The Morgan fingerprint density at radius 2 is 1.97 bits per heavy atom. The minimum absolute atomic E-state index is 0.0372. The highest BCUT2D eigenvalue weighted by Crippen LogP contribution is 2.25. The van der Waals surface area contributed by atoms with Gasteiger partial charge in [0.05, 0.1) is 17.5 Å². The number of piperidine rings is 1. The number of aryl methyl sites for hydroxylation is 1. The number of carbonyl (C=O) groups excluding carboxylic acids is 1. The first kappa shape index (κ1) is 21.0. The molecule has 0 aliphatic carbocycles. The molecule has 6 nitrogen and oxygen atoms in total. The van der Waals surface area contributed by atoms with Crippen molar-refractivity contribution >= 4 is 15.9 Å². The number of nitrogens with zero attached hydrogens (tertiary/aromatic N) is 2. The Balaban J connectivity index is 1.86. The molecule has 0 saturated carbocycles. The first-order valence-corrected chi connectivity index (χ1v) is 11.2. The number of nitrogens with one attached hydrogen (secondary N) is 1. The fourth-order valence-corrected chi connectivity index (χ4v) is 4.94. The van der Waals surface area contributed by atoms with Gasteiger partial charge in [-0.3, -0.25) is 4.79 Å². The van der Waals surface area contributed by atoms with Crippen LogP contribution < -0.4 is 4.72 Å². The fourth-order valence-electron chi connectivity index (χ4n) is 3.76. The van der Waals surface area contributed by atoms with E-state index in [0.717, 1.165) is 25.7 Å². The van der Waals surface area contributed by atoms with Crippen molar-refractivity contribution in [3.63, 3.8) is 0 Å². The van der Waals surface area contributed by atoms with Gasteiger partial charge in [0.15, 0.2) is 0 Å². The van der Waals surface area contributed by atoms with Gasteiger partial charge in [-0.05, 0) is 55.9 Å². The van der Waals surface area contributed by atoms with Crippen LogP contribution in [0.4, 0.5) is 0 Å². The van der Waals surface area contributed by atoms with Gasteiger partial charge in [-0.25, -0.2) is 8.42 Å². The third-order valence-electron chi connectivity index (χ3n) is 5.27. The van der Waals surface area contributed by atoms with E-state index in [-0.39, 0.29) is 23.4 Å². The Morgan fingerprint density at radius 1 is 1.21 bits per heavy atom. The van der Waals surface area contributed by atoms with Crippen molar-refractivity contribution in [2.45, 2.75) is 43.5 Å². The van der Waals surface area contributed by atoms with E-state index in [1.54, 1.807) is 25.1 Å². The number of amides is 1. The van der Waals surface area contributed by atoms with Gasteiger partial charge in [-0.1, -0.05) is 36.4 Å². The molecule has 1 unspecified atom stereocenters. The average Bonchev–Trinajstić information content (AvgIpc) is 2.73. The summed E-state index contributed by atoms with van der Waals surface area (Å²) in [6.45, 7) is 2.03. The van der Waals surface area contributed by atoms with Gasteiger partial charge in [-0.2, -0.15) is 9.98 Å². The largest absolute Gasteiger partial charge is 0.335 e. The quantitative estimate of drug-likeness (QED) is 0.740. The highest BCUT2D eigenvalue weighted by Gasteiger charge is 2.28. The lowest BCUT2D eigenvalue weighted by molar-refractivity contribution is 0.0613. The van der Waals surface area contributed by atoms with E-state index in [0.29, 0.717) is 17.7 Å². The van der Waals surface area contributed by atoms with Gasteiger partial charge in [0, 0.05) is 18.2 Å². The predicted molar refractivity (Wildman–Crippen MR) is 111 cm³/mol. The van der Waals surface area contributed by atoms with Crippen LogP contribution in [0.1, 0.15) is 40.7 Å². The molecule has 152 valence electrons. The number of likely N-dealkylation sites (tertiary alicyclic amines) is 1. The Labute approximate surface area is 172 Å². The smallest absolute Gasteiger partial charge is 0.254 e. The van der Waals surface area contributed by atoms with E-state index in [2.05, 4.69) is 16.9 Å². The number of nitriles is 1. The maximum atomic E-state index is 13.3. The first-order chi connectivity index (χ1) is 13.9. The molecule has 1 aliphatic heterocycles. The minimum atomic E-state index is -3.85. The second kappa shape index (κ2) is 9.21. The molecular weight excluding hydrogens is 386 g/mol. The molecular formula is C22H25N3O3S. The molecule has 0 bridgehead atoms. The summed E-state index contributed by atoms with van der Waals surface area (Å²) in [6, 6.07) is 16.7. The van der Waals surface area contributed by atoms with Crippen LogP contribution in [0, 0.1) is 18.3 Å². The lowest BCUT2D eigenvalue weighted by Gasteiger charge is -2.36. The molecule has 1 N–H and O–H groups in total. The monoisotopic (exact) mass is 411 g/mol. The predicted octanol–water partition coefficient (Wildman–Crippen LogP) is 3.03. The summed E-state index contributed by atoms with van der Waals surface area (Å²) in [7, 11) is -3.85. The molecule has 1 atom stereocenters. The van der Waals surface area contributed by atoms with Crippen molar-refractivity contribution in [3.05, 3.63) is 65.2 Å². The van der Waals surface area contributed by atoms with E-state index in [1.165, 1.54) is 11.6 Å². The zero-order valence-corrected chi connectivity index (χ0v) is 17.3. The van der Waals surface area contributed by atoms with Crippen molar-refractivity contribution < 1.29 is 13.2 Å². The van der Waals surface area contributed by atoms with Crippen LogP contribution in [0.3, 0.4) is 0 Å². The maximum absolute atomic E-state index is 13.3. The highest BCUT2D eigenvalue weighted by atomic mass is 32.2. The maximum Gasteiger partial charge on any atom is 0.254 e. The molecule has 0 aromatic heterocycles. The van der Waals surface area contributed by atoms with E-state index in [9.17, 15) is 13.2 Å². The van der Waals surface area contributed by atoms with Crippen molar-refractivity contribution in [3.8, 4) is 6.07 Å². The van der Waals surface area contributed by atoms with Crippen molar-refractivity contribution in [1.82, 2.24) is 9.62 Å². The molecule has 7 heteroatoms. The topological polar surface area (TPSA) is 90.3 Å². The van der Waals surface area contributed by atoms with Crippen LogP contribution >= 0.6 is 0 Å². The van der Waals surface area contributed by atoms with Crippen LogP contribution in [-0.4, -0.2) is 38.4 Å². The van der Waals surface area contributed by atoms with Gasteiger partial charge >= 0.3 is 0 Å². The number of hydrogen-bond acceptors (Lipinski definition) is 4. The molecule has 2 aromatic rings. The Hall–Kier alpha value is -2.69. The second-order valence-electron chi connectivity index (χ2n) is 7.30. The van der Waals surface area contributed by atoms with Crippen LogP contribution in [0.2, 0.25) is 0 Å². The Bertz CT molecular complexity index is 1010. The zero-order chi connectivity index (χ0) is 20.9. The normalized spacial score (nSPS) is 17.0. The van der Waals surface area contributed by atoms with Crippen molar-refractivity contribution in [2.75, 3.05) is 13.1 Å². The van der Waals surface area contributed by atoms with Crippen LogP contribution in [0.15, 0.2) is 53.4 Å². The lowest BCUT2D eigenvalue weighted by Crippen LogP contribution is -2.45. The van der Waals surface area contributed by atoms with E-state index < -0.39 is 10.0 Å². The summed E-state index contributed by atoms with van der Waals surface area (Å²) in [6.07, 6.45) is 3.74. The molecule has 1 saturated heterocycles. The van der Waals surface area contributed by atoms with E-state index >= 15 is 0 Å². The summed E-state index contributed by atoms with van der Waals surface area (Å²) < 4.78 is 27.2. The number of sulfonamides is 1. The molecule has 0 radical (unpaired) electrons. The van der Waals surface area contributed by atoms with Crippen LogP contribution in [0.25, 0.3) is 0 Å². The van der Waals surface area contributed by atoms with Gasteiger partial charge in [0.25, 0.3) is 5.91 Å². The molecule has 0 spiro atoms. The van der Waals surface area contributed by atoms with E-state index in [1.807, 2.05) is 23.1 Å². The van der Waals surface area contributed by atoms with Gasteiger partial charge < -0.3 is 4.90 Å². The number of rotatable bonds is 6. The summed E-state index contributed by atoms with van der Waals surface area (Å²) >= 11 is 0. The molecule has 2 aromatic carbocycles. The highest BCUT2D eigenvalue weighted by molar-refractivity contribution is 7.89. The van der Waals surface area contributed by atoms with Gasteiger partial charge in [0.1, 0.15) is 0 Å². The minimum Gasteiger partial charge on any atom is -0.335 e. The summed E-state index contributed by atoms with van der Waals surface area (Å²) in [5.41, 5.74) is 2.07. The summed E-state index contributed by atoms with van der Waals surface area (Å²) in [4.78, 5) is 15.2. The standard InChI is InChI=1S/C22H25N3O3S/c1-17-10-11-19(16-21(17)29(27,28)24-13-12-23)22(26)25-14-6-5-9-20(25)15-18-7-3-2-4-8-18/h2-4,7-8,10-11,16,20,24H,5-6,9,13-15H2,1H3. The van der Waals surface area contributed by atoms with Crippen molar-refractivity contribution in [1.29, 1.82) is 5.26 Å². The number of carbonyl (C=O) groups is 1. The molecule has 29 heavy (non-hydrogen) atoms. The molecule has 1 heterocycles. The van der Waals surface area contributed by atoms with Gasteiger partial charge in [0.2, 0.25) is 10.0 Å². The fraction of sp³-hybridized carbons (Fsp3) is 0.364. The number of benzene rings is 2. The summed E-state index contributed by atoms with van der Waals surface area (Å²) in [5.74, 6) is -0.151. The Morgan fingerprint density at radius 3 is 2.69 bits per heavy atom. The first-order valence-electron chi connectivity index (χ1n) is 9.74. The SMILES string of the molecule is Cc1ccc(C(=O)N2CCCCC2Cc2ccccc2)cc1S(=O)(=O)NCC#N. The third-order valence-corrected chi connectivity index (χ3v) is 6.81. The van der Waals surface area contributed by atoms with Gasteiger partial charge in [-0.15, -0.1) is 0 Å². The molecule has 1 aliphatic rings. The Kier molecular flexibility index (Phi) is 6.68. The molecule has 1 fully saturated rings. The average molecular weight is 412 g/mol. The van der Waals surface area contributed by atoms with Crippen LogP contribution in [-0.2, 0) is 16.4 Å². The lowest BCUT2D eigenvalue weighted by atomic mass is 9.94. The second-order valence-corrected chi connectivity index (χ2v) is 9.04. The van der Waals surface area contributed by atoms with E-state index in [4.69, 9.17) is 5.26 Å². The number of hydrogen-bond donors (Lipinski definition) is 1. The van der Waals surface area contributed by atoms with Crippen molar-refractivity contribution in [2.24, 2.45) is 0 Å². The zero-order valence-electron chi connectivity index (χ0n) is 16.5.